The van der Waals surface area contributed by atoms with Gasteiger partial charge in [0.25, 0.3) is 0 Å². The quantitative estimate of drug-likeness (QED) is 0.475. The minimum absolute atomic E-state index is 0.0448. The summed E-state index contributed by atoms with van der Waals surface area (Å²) in [5, 5.41) is 20.8. The molecule has 138 valence electrons. The van der Waals surface area contributed by atoms with Crippen molar-refractivity contribution in [2.45, 2.75) is 43.9 Å². The van der Waals surface area contributed by atoms with E-state index in [-0.39, 0.29) is 22.8 Å². The molecule has 1 saturated heterocycles. The van der Waals surface area contributed by atoms with Crippen LogP contribution in [0.4, 0.5) is 5.82 Å². The number of hydrogen-bond donors (Lipinski definition) is 4. The molecule has 25 heavy (non-hydrogen) atoms. The maximum atomic E-state index is 10.4. The number of aromatic nitrogens is 4. The highest BCUT2D eigenvalue weighted by Crippen LogP contribution is 2.32. The van der Waals surface area contributed by atoms with Crippen LogP contribution in [0.15, 0.2) is 12.7 Å². The van der Waals surface area contributed by atoms with Gasteiger partial charge in [0, 0.05) is 12.5 Å². The highest BCUT2D eigenvalue weighted by molar-refractivity contribution is 7.96. The first kappa shape index (κ1) is 18.3. The van der Waals surface area contributed by atoms with Gasteiger partial charge < -0.3 is 26.4 Å². The fourth-order valence-electron chi connectivity index (χ4n) is 2.90. The highest BCUT2D eigenvalue weighted by Gasteiger charge is 2.46. The largest absolute Gasteiger partial charge is 0.387 e. The lowest BCUT2D eigenvalue weighted by atomic mass is 10.1. The number of hydrogen-bond acceptors (Lipinski definition) is 8. The standard InChI is InChI=1S/C15H25N6O3S/c1-8(16)3-4-25(2)5-9-11(22)12(23)15(24-9)21-7-20-10-13(17)18-6-19-14(10)21/h6-9,11-12,15,22-23H,3-5,16H2,1-2H3,(H2,17,18,19)/q+1. The normalized spacial score (nSPS) is 29.2. The summed E-state index contributed by atoms with van der Waals surface area (Å²) in [6.07, 6.45) is 2.65. The van der Waals surface area contributed by atoms with E-state index in [1.165, 1.54) is 12.7 Å². The predicted molar refractivity (Wildman–Crippen MR) is 96.9 cm³/mol. The average molecular weight is 369 g/mol. The smallest absolute Gasteiger partial charge is 0.167 e. The molecule has 10 heteroatoms. The lowest BCUT2D eigenvalue weighted by Gasteiger charge is -2.16. The van der Waals surface area contributed by atoms with Crippen molar-refractivity contribution in [3.63, 3.8) is 0 Å². The van der Waals surface area contributed by atoms with Crippen LogP contribution in [-0.2, 0) is 15.6 Å². The van der Waals surface area contributed by atoms with E-state index in [2.05, 4.69) is 21.2 Å². The van der Waals surface area contributed by atoms with Crippen LogP contribution in [0, 0.1) is 0 Å². The Hall–Kier alpha value is -1.46. The molecule has 0 aliphatic carbocycles. The second-order valence-corrected chi connectivity index (χ2v) is 8.85. The van der Waals surface area contributed by atoms with Crippen LogP contribution < -0.4 is 11.5 Å². The summed E-state index contributed by atoms with van der Waals surface area (Å²) in [4.78, 5) is 12.2. The molecule has 2 aromatic heterocycles. The van der Waals surface area contributed by atoms with Crippen LogP contribution in [0.25, 0.3) is 11.2 Å². The molecule has 1 aliphatic rings. The van der Waals surface area contributed by atoms with E-state index in [1.54, 1.807) is 4.57 Å². The summed E-state index contributed by atoms with van der Waals surface area (Å²) in [7, 11) is 0.0448. The number of aliphatic hydroxyl groups is 2. The second kappa shape index (κ2) is 7.42. The fraction of sp³-hybridized carbons (Fsp3) is 0.667. The molecular weight excluding hydrogens is 344 g/mol. The zero-order valence-corrected chi connectivity index (χ0v) is 15.1. The van der Waals surface area contributed by atoms with Gasteiger partial charge in [0.15, 0.2) is 17.7 Å². The van der Waals surface area contributed by atoms with Gasteiger partial charge in [-0.1, -0.05) is 0 Å². The lowest BCUT2D eigenvalue weighted by molar-refractivity contribution is -0.0290. The van der Waals surface area contributed by atoms with Crippen molar-refractivity contribution in [3.05, 3.63) is 12.7 Å². The molecule has 1 fully saturated rings. The molecule has 0 saturated carbocycles. The number of nitrogens with zero attached hydrogens (tertiary/aromatic N) is 4. The van der Waals surface area contributed by atoms with Gasteiger partial charge in [0.2, 0.25) is 0 Å². The number of imidazole rings is 1. The zero-order chi connectivity index (χ0) is 18.1. The Labute approximate surface area is 148 Å². The Balaban J connectivity index is 1.74. The molecule has 0 bridgehead atoms. The van der Waals surface area contributed by atoms with Crippen LogP contribution in [0.3, 0.4) is 0 Å². The third-order valence-corrected chi connectivity index (χ3v) is 6.20. The average Bonchev–Trinajstić information content (AvgIpc) is 3.10. The second-order valence-electron chi connectivity index (χ2n) is 6.55. The minimum atomic E-state index is -1.07. The Kier molecular flexibility index (Phi) is 5.44. The third kappa shape index (κ3) is 3.72. The van der Waals surface area contributed by atoms with Crippen molar-refractivity contribution in [2.75, 3.05) is 23.5 Å². The molecule has 9 nitrogen and oxygen atoms in total. The molecule has 0 amide bonds. The third-order valence-electron chi connectivity index (χ3n) is 4.37. The molecule has 3 heterocycles. The summed E-state index contributed by atoms with van der Waals surface area (Å²) in [6, 6.07) is 0.158. The van der Waals surface area contributed by atoms with Crippen LogP contribution in [0.2, 0.25) is 0 Å². The van der Waals surface area contributed by atoms with Crippen molar-refractivity contribution in [2.24, 2.45) is 5.73 Å². The molecule has 6 atom stereocenters. The molecule has 2 aromatic rings. The van der Waals surface area contributed by atoms with Gasteiger partial charge in [-0.05, 0) is 17.8 Å². The summed E-state index contributed by atoms with van der Waals surface area (Å²) in [5.74, 6) is 1.91. The topological polar surface area (TPSA) is 145 Å². The Bertz CT molecular complexity index is 726. The zero-order valence-electron chi connectivity index (χ0n) is 14.3. The first-order valence-corrected chi connectivity index (χ1v) is 10.1. The number of nitrogens with two attached hydrogens (primary N) is 2. The van der Waals surface area contributed by atoms with E-state index >= 15 is 0 Å². The van der Waals surface area contributed by atoms with Gasteiger partial charge in [-0.3, -0.25) is 4.57 Å². The van der Waals surface area contributed by atoms with Crippen LogP contribution in [0.1, 0.15) is 19.6 Å². The maximum Gasteiger partial charge on any atom is 0.167 e. The number of rotatable bonds is 6. The number of ether oxygens (including phenoxy) is 1. The first-order valence-electron chi connectivity index (χ1n) is 8.17. The van der Waals surface area contributed by atoms with Crippen molar-refractivity contribution < 1.29 is 14.9 Å². The van der Waals surface area contributed by atoms with E-state index in [9.17, 15) is 10.2 Å². The van der Waals surface area contributed by atoms with Gasteiger partial charge >= 0.3 is 0 Å². The van der Waals surface area contributed by atoms with Gasteiger partial charge in [-0.15, -0.1) is 0 Å². The summed E-state index contributed by atoms with van der Waals surface area (Å²) in [5.41, 5.74) is 12.5. The first-order chi connectivity index (χ1) is 11.9. The Morgan fingerprint density at radius 1 is 1.32 bits per heavy atom. The summed E-state index contributed by atoms with van der Waals surface area (Å²) in [6.45, 7) is 1.98. The predicted octanol–water partition coefficient (Wildman–Crippen LogP) is -0.987. The van der Waals surface area contributed by atoms with Crippen LogP contribution in [0.5, 0.6) is 0 Å². The number of fused-ring (bicyclic) bond motifs is 1. The summed E-state index contributed by atoms with van der Waals surface area (Å²) >= 11 is 0. The van der Waals surface area contributed by atoms with Crippen LogP contribution >= 0.6 is 0 Å². The van der Waals surface area contributed by atoms with E-state index in [4.69, 9.17) is 16.2 Å². The maximum absolute atomic E-state index is 10.4. The van der Waals surface area contributed by atoms with Crippen LogP contribution in [-0.4, -0.2) is 71.8 Å². The minimum Gasteiger partial charge on any atom is -0.387 e. The van der Waals surface area contributed by atoms with E-state index in [1.807, 2.05) is 6.92 Å². The van der Waals surface area contributed by atoms with Crippen molar-refractivity contribution in [1.82, 2.24) is 19.5 Å². The van der Waals surface area contributed by atoms with E-state index in [0.717, 1.165) is 12.2 Å². The lowest BCUT2D eigenvalue weighted by Crippen LogP contribution is -2.36. The Morgan fingerprint density at radius 3 is 2.80 bits per heavy atom. The number of aliphatic hydroxyl groups excluding tert-OH is 2. The van der Waals surface area contributed by atoms with Crippen molar-refractivity contribution in [3.8, 4) is 0 Å². The molecule has 1 aliphatic heterocycles. The molecule has 0 aromatic carbocycles. The summed E-state index contributed by atoms with van der Waals surface area (Å²) < 4.78 is 7.55. The molecule has 0 spiro atoms. The number of nitrogen functional groups attached to an aromatic ring is 1. The van der Waals surface area contributed by atoms with Gasteiger partial charge in [-0.2, -0.15) is 0 Å². The van der Waals surface area contributed by atoms with E-state index < -0.39 is 24.5 Å². The van der Waals surface area contributed by atoms with Crippen molar-refractivity contribution in [1.29, 1.82) is 0 Å². The van der Waals surface area contributed by atoms with Gasteiger partial charge in [-0.25, -0.2) is 15.0 Å². The monoisotopic (exact) mass is 369 g/mol. The molecular formula is C15H25N6O3S+. The SMILES string of the molecule is CC(N)CC[S+](C)CC1OC(n2cnc3c(N)ncnc32)C(O)C1O. The Morgan fingerprint density at radius 2 is 2.08 bits per heavy atom. The molecule has 6 unspecified atom stereocenters. The fourth-order valence-corrected chi connectivity index (χ4v) is 4.68. The highest BCUT2D eigenvalue weighted by atomic mass is 32.2. The number of anilines is 1. The van der Waals surface area contributed by atoms with Crippen molar-refractivity contribution >= 4 is 27.9 Å². The molecule has 3 rings (SSSR count). The molecule has 6 N–H and O–H groups in total. The van der Waals surface area contributed by atoms with E-state index in [0.29, 0.717) is 16.9 Å². The van der Waals surface area contributed by atoms with Gasteiger partial charge in [0.1, 0.15) is 41.7 Å². The van der Waals surface area contributed by atoms with Gasteiger partial charge in [0.05, 0.1) is 12.6 Å². The molecule has 0 radical (unpaired) electrons.